The zero-order valence-corrected chi connectivity index (χ0v) is 17.5. The third-order valence-electron chi connectivity index (χ3n) is 5.81. The van der Waals surface area contributed by atoms with E-state index in [1.807, 2.05) is 24.3 Å². The summed E-state index contributed by atoms with van der Waals surface area (Å²) in [6.07, 6.45) is 5.02. The quantitative estimate of drug-likeness (QED) is 0.523. The lowest BCUT2D eigenvalue weighted by Gasteiger charge is -2.34. The number of hydrogen-bond donors (Lipinski definition) is 1. The van der Waals surface area contributed by atoms with E-state index in [2.05, 4.69) is 56.8 Å². The topological polar surface area (TPSA) is 86.1 Å². The Hall–Kier alpha value is -3.87. The van der Waals surface area contributed by atoms with Crippen LogP contribution in [0.15, 0.2) is 59.1 Å². The van der Waals surface area contributed by atoms with Crippen LogP contribution in [0.5, 0.6) is 11.5 Å². The summed E-state index contributed by atoms with van der Waals surface area (Å²) in [4.78, 5) is 4.33. The van der Waals surface area contributed by atoms with Crippen LogP contribution >= 0.6 is 0 Å². The molecule has 1 aliphatic carbocycles. The van der Waals surface area contributed by atoms with Gasteiger partial charge in [-0.05, 0) is 42.3 Å². The fraction of sp³-hybridized carbons (Fsp3) is 0.208. The van der Waals surface area contributed by atoms with Gasteiger partial charge in [0.1, 0.15) is 11.5 Å². The van der Waals surface area contributed by atoms with Gasteiger partial charge >= 0.3 is 0 Å². The highest BCUT2D eigenvalue weighted by Crippen LogP contribution is 2.43. The molecule has 4 aromatic rings. The predicted octanol–water partition coefficient (Wildman–Crippen LogP) is 4.34. The molecule has 0 unspecified atom stereocenters. The minimum Gasteiger partial charge on any atom is -0.497 e. The smallest absolute Gasteiger partial charge is 0.279 e. The summed E-state index contributed by atoms with van der Waals surface area (Å²) in [5, 5.41) is 11.6. The number of benzene rings is 2. The first-order valence-corrected chi connectivity index (χ1v) is 9.99. The molecule has 1 N–H and O–H groups in total. The molecule has 5 rings (SSSR count). The van der Waals surface area contributed by atoms with Crippen LogP contribution in [0.1, 0.15) is 28.2 Å². The van der Waals surface area contributed by atoms with E-state index in [0.29, 0.717) is 23.8 Å². The molecule has 2 aromatic heterocycles. The van der Waals surface area contributed by atoms with Gasteiger partial charge in [0.25, 0.3) is 5.89 Å². The maximum Gasteiger partial charge on any atom is 0.279 e. The van der Waals surface area contributed by atoms with Gasteiger partial charge in [0, 0.05) is 23.1 Å². The average Bonchev–Trinajstić information content (AvgIpc) is 3.44. The Morgan fingerprint density at radius 3 is 2.06 bits per heavy atom. The maximum absolute atomic E-state index is 5.36. The molecule has 0 bridgehead atoms. The Balaban J connectivity index is 1.63. The van der Waals surface area contributed by atoms with Crippen molar-refractivity contribution in [1.82, 2.24) is 20.3 Å². The number of H-pyrrole nitrogens is 1. The minimum absolute atomic E-state index is 0.375. The number of nitrogens with zero attached hydrogens (tertiary/aromatic N) is 3. The van der Waals surface area contributed by atoms with Crippen molar-refractivity contribution in [3.8, 4) is 23.1 Å². The Bertz CT molecular complexity index is 1190. The first-order chi connectivity index (χ1) is 15.1. The van der Waals surface area contributed by atoms with Crippen molar-refractivity contribution >= 4 is 6.08 Å². The van der Waals surface area contributed by atoms with Crippen LogP contribution in [0.25, 0.3) is 17.7 Å². The summed E-state index contributed by atoms with van der Waals surface area (Å²) in [6.45, 7) is 1.79. The van der Waals surface area contributed by atoms with Crippen molar-refractivity contribution < 1.29 is 14.0 Å². The highest BCUT2D eigenvalue weighted by atomic mass is 16.5. The normalized spacial score (nSPS) is 14.3. The largest absolute Gasteiger partial charge is 0.497 e. The van der Waals surface area contributed by atoms with Crippen LogP contribution in [0, 0.1) is 6.92 Å². The van der Waals surface area contributed by atoms with Gasteiger partial charge in [0.05, 0.1) is 14.2 Å². The molecule has 31 heavy (non-hydrogen) atoms. The average molecular weight is 414 g/mol. The second-order valence-corrected chi connectivity index (χ2v) is 7.55. The van der Waals surface area contributed by atoms with E-state index < -0.39 is 0 Å². The molecule has 0 fully saturated rings. The molecule has 7 nitrogen and oxygen atoms in total. The number of ether oxygens (including phenoxy) is 2. The van der Waals surface area contributed by atoms with Gasteiger partial charge in [-0.2, -0.15) is 10.1 Å². The van der Waals surface area contributed by atoms with Gasteiger partial charge in [-0.1, -0.05) is 41.6 Å². The molecule has 0 atom stereocenters. The van der Waals surface area contributed by atoms with Crippen molar-refractivity contribution in [2.24, 2.45) is 0 Å². The molecule has 156 valence electrons. The molecule has 2 aromatic carbocycles. The van der Waals surface area contributed by atoms with Gasteiger partial charge < -0.3 is 14.0 Å². The highest BCUT2D eigenvalue weighted by molar-refractivity contribution is 5.73. The molecule has 0 radical (unpaired) electrons. The van der Waals surface area contributed by atoms with E-state index in [0.717, 1.165) is 33.9 Å². The van der Waals surface area contributed by atoms with E-state index in [9.17, 15) is 0 Å². The van der Waals surface area contributed by atoms with Crippen LogP contribution in [-0.2, 0) is 11.8 Å². The van der Waals surface area contributed by atoms with E-state index in [1.165, 1.54) is 0 Å². The zero-order valence-electron chi connectivity index (χ0n) is 17.5. The first kappa shape index (κ1) is 19.1. The molecular formula is C24H22N4O3. The number of hydrogen-bond acceptors (Lipinski definition) is 6. The Morgan fingerprint density at radius 1 is 0.935 bits per heavy atom. The monoisotopic (exact) mass is 414 g/mol. The van der Waals surface area contributed by atoms with Gasteiger partial charge in [-0.15, -0.1) is 0 Å². The Morgan fingerprint density at radius 2 is 1.55 bits per heavy atom. The summed E-state index contributed by atoms with van der Waals surface area (Å²) >= 11 is 0. The molecular weight excluding hydrogens is 392 g/mol. The number of nitrogens with one attached hydrogen (secondary N) is 1. The van der Waals surface area contributed by atoms with Crippen molar-refractivity contribution in [2.75, 3.05) is 14.2 Å². The summed E-state index contributed by atoms with van der Waals surface area (Å²) < 4.78 is 16.1. The van der Waals surface area contributed by atoms with Crippen LogP contribution in [0.3, 0.4) is 0 Å². The summed E-state index contributed by atoms with van der Waals surface area (Å²) in [5.74, 6) is 2.65. The van der Waals surface area contributed by atoms with Gasteiger partial charge in [0.2, 0.25) is 0 Å². The molecule has 0 amide bonds. The highest BCUT2D eigenvalue weighted by Gasteiger charge is 2.37. The Kier molecular flexibility index (Phi) is 4.58. The molecule has 1 aliphatic rings. The number of aromatic amines is 1. The first-order valence-electron chi connectivity index (χ1n) is 9.99. The van der Waals surface area contributed by atoms with E-state index in [-0.39, 0.29) is 5.41 Å². The predicted molar refractivity (Wildman–Crippen MR) is 116 cm³/mol. The number of methoxy groups -OCH3 is 2. The zero-order chi connectivity index (χ0) is 21.4. The minimum atomic E-state index is -0.375. The molecule has 2 heterocycles. The van der Waals surface area contributed by atoms with Crippen molar-refractivity contribution in [1.29, 1.82) is 0 Å². The van der Waals surface area contributed by atoms with E-state index in [1.54, 1.807) is 21.1 Å². The van der Waals surface area contributed by atoms with E-state index >= 15 is 0 Å². The standard InChI is InChI=1S/C24H22N4O3/c1-15-25-23(31-28-15)22-20-12-13-24(14-21(20)26-27-22,16-4-8-18(29-2)9-5-16)17-6-10-19(30-3)11-7-17/h4-13H,14H2,1-3H3,(H,26,27). The summed E-state index contributed by atoms with van der Waals surface area (Å²) in [7, 11) is 3.35. The third-order valence-corrected chi connectivity index (χ3v) is 5.81. The number of allylic oxidation sites excluding steroid dienone is 1. The van der Waals surface area contributed by atoms with E-state index in [4.69, 9.17) is 14.0 Å². The lowest BCUT2D eigenvalue weighted by molar-refractivity contribution is 0.414. The van der Waals surface area contributed by atoms with Crippen molar-refractivity contribution in [3.05, 3.63) is 82.8 Å². The lowest BCUT2D eigenvalue weighted by Crippen LogP contribution is -2.30. The van der Waals surface area contributed by atoms with Gasteiger partial charge in [0.15, 0.2) is 11.5 Å². The fourth-order valence-corrected chi connectivity index (χ4v) is 4.16. The molecule has 7 heteroatoms. The van der Waals surface area contributed by atoms with Crippen LogP contribution in [0.4, 0.5) is 0 Å². The van der Waals surface area contributed by atoms with Crippen molar-refractivity contribution in [3.63, 3.8) is 0 Å². The SMILES string of the molecule is COc1ccc(C2(c3ccc(OC)cc3)C=Cc3c(-c4nc(C)no4)n[nH]c3C2)cc1. The number of aryl methyl sites for hydroxylation is 1. The maximum atomic E-state index is 5.36. The van der Waals surface area contributed by atoms with Gasteiger partial charge in [-0.3, -0.25) is 5.10 Å². The Labute approximate surface area is 179 Å². The fourth-order valence-electron chi connectivity index (χ4n) is 4.16. The second kappa shape index (κ2) is 7.43. The molecule has 0 saturated heterocycles. The lowest BCUT2D eigenvalue weighted by atomic mass is 9.68. The van der Waals surface area contributed by atoms with Crippen molar-refractivity contribution in [2.45, 2.75) is 18.8 Å². The van der Waals surface area contributed by atoms with Crippen LogP contribution < -0.4 is 9.47 Å². The van der Waals surface area contributed by atoms with Crippen LogP contribution in [-0.4, -0.2) is 34.6 Å². The third kappa shape index (κ3) is 3.18. The molecule has 0 saturated carbocycles. The molecule has 0 aliphatic heterocycles. The number of aromatic nitrogens is 4. The van der Waals surface area contributed by atoms with Crippen LogP contribution in [0.2, 0.25) is 0 Å². The number of fused-ring (bicyclic) bond motifs is 1. The van der Waals surface area contributed by atoms with Gasteiger partial charge in [-0.25, -0.2) is 0 Å². The number of rotatable bonds is 5. The summed E-state index contributed by atoms with van der Waals surface area (Å²) in [6, 6.07) is 16.4. The molecule has 0 spiro atoms. The second-order valence-electron chi connectivity index (χ2n) is 7.55. The summed E-state index contributed by atoms with van der Waals surface area (Å²) in [5.41, 5.74) is 4.60.